The monoisotopic (exact) mass is 616 g/mol. The molecule has 3 saturated carbocycles. The molecule has 8 atom stereocenters. The highest BCUT2D eigenvalue weighted by Gasteiger charge is 2.79. The Balaban J connectivity index is 1.13. The van der Waals surface area contributed by atoms with Crippen LogP contribution in [0.15, 0.2) is 42.5 Å². The van der Waals surface area contributed by atoms with Gasteiger partial charge in [0.05, 0.1) is 30.7 Å². The molecule has 9 aliphatic rings. The average Bonchev–Trinajstić information content (AvgIpc) is 3.76. The quantitative estimate of drug-likeness (QED) is 0.322. The molecule has 0 radical (unpaired) electrons. The van der Waals surface area contributed by atoms with Gasteiger partial charge in [-0.1, -0.05) is 37.3 Å². The van der Waals surface area contributed by atoms with Gasteiger partial charge in [0.25, 0.3) is 0 Å². The number of esters is 1. The first-order chi connectivity index (χ1) is 22.5. The van der Waals surface area contributed by atoms with Crippen molar-refractivity contribution in [3.63, 3.8) is 0 Å². The van der Waals surface area contributed by atoms with Gasteiger partial charge in [-0.3, -0.25) is 14.6 Å². The zero-order valence-corrected chi connectivity index (χ0v) is 27.6. The summed E-state index contributed by atoms with van der Waals surface area (Å²) in [6.07, 6.45) is 13.2. The second kappa shape index (κ2) is 8.79. The summed E-state index contributed by atoms with van der Waals surface area (Å²) in [5.74, 6) is -0.0687. The van der Waals surface area contributed by atoms with Crippen LogP contribution in [-0.4, -0.2) is 65.2 Å². The highest BCUT2D eigenvalue weighted by molar-refractivity contribution is 5.87. The van der Waals surface area contributed by atoms with Crippen molar-refractivity contribution < 1.29 is 9.53 Å². The summed E-state index contributed by atoms with van der Waals surface area (Å²) in [5, 5.41) is 5.66. The number of ether oxygens (including phenoxy) is 1. The summed E-state index contributed by atoms with van der Waals surface area (Å²) in [6, 6.07) is 18.3. The smallest absolute Gasteiger partial charge is 0.311 e. The first kappa shape index (κ1) is 27.2. The van der Waals surface area contributed by atoms with Crippen molar-refractivity contribution in [2.24, 2.45) is 16.7 Å². The molecule has 1 aromatic heterocycles. The van der Waals surface area contributed by atoms with E-state index in [-0.39, 0.29) is 28.3 Å². The van der Waals surface area contributed by atoms with Crippen LogP contribution in [0.25, 0.3) is 10.9 Å². The summed E-state index contributed by atoms with van der Waals surface area (Å²) in [6.45, 7) is 7.29. The molecule has 0 amide bonds. The van der Waals surface area contributed by atoms with E-state index in [2.05, 4.69) is 69.1 Å². The third-order valence-corrected chi connectivity index (χ3v) is 15.7. The first-order valence-electron chi connectivity index (χ1n) is 18.6. The Morgan fingerprint density at radius 3 is 2.72 bits per heavy atom. The SMILES string of the molecule is CC[C@@]12CCCN3CCc4c(n(c5ccccc45)[C@H](c4ccc5c(c4)[C@]46CCN7CCC[C@@]8(CC[C@]4(N5)[C@@H](C(=O)OC)C8)[C@@H]76)C1)[C@H]32. The predicted octanol–water partition coefficient (Wildman–Crippen LogP) is 6.97. The molecule has 7 heterocycles. The number of hydrogen-bond acceptors (Lipinski definition) is 5. The molecule has 46 heavy (non-hydrogen) atoms. The standard InChI is InChI=1S/C40H48N4O2/c1-3-37-13-6-18-42-20-12-27-26-8-4-5-9-31(26)44(33(27)34(37)42)32(24-37)25-10-11-30-28(22-25)39-17-21-43-19-7-14-38(36(39)43)15-16-40(39,41-30)29(23-38)35(45)46-2/h4-5,8-11,22,29,32,34,36,41H,3,6-7,12-21,23-24H2,1-2H3/t29-,32+,34+,36-,37-,38+,39+,40+/m1/s1. The Morgan fingerprint density at radius 1 is 0.957 bits per heavy atom. The Morgan fingerprint density at radius 2 is 1.83 bits per heavy atom. The Labute approximate surface area is 272 Å². The lowest BCUT2D eigenvalue weighted by atomic mass is 9.39. The second-order valence-electron chi connectivity index (χ2n) is 16.8. The molecule has 3 aromatic rings. The van der Waals surface area contributed by atoms with Gasteiger partial charge in [0, 0.05) is 40.3 Å². The van der Waals surface area contributed by atoms with E-state index in [1.54, 1.807) is 18.4 Å². The Hall–Kier alpha value is -2.83. The number of methoxy groups -OCH3 is 1. The molecule has 240 valence electrons. The van der Waals surface area contributed by atoms with Crippen LogP contribution in [-0.2, 0) is 21.4 Å². The summed E-state index contributed by atoms with van der Waals surface area (Å²) in [4.78, 5) is 19.4. The number of nitrogens with zero attached hydrogens (tertiary/aromatic N) is 3. The van der Waals surface area contributed by atoms with Crippen molar-refractivity contribution in [1.29, 1.82) is 0 Å². The number of piperidine rings is 2. The van der Waals surface area contributed by atoms with E-state index in [1.807, 2.05) is 0 Å². The maximum absolute atomic E-state index is 13.7. The fraction of sp³-hybridized carbons (Fsp3) is 0.625. The molecule has 2 aromatic carbocycles. The van der Waals surface area contributed by atoms with Crippen molar-refractivity contribution in [2.75, 3.05) is 38.6 Å². The van der Waals surface area contributed by atoms with E-state index in [4.69, 9.17) is 4.74 Å². The number of nitrogens with one attached hydrogen (secondary N) is 1. The van der Waals surface area contributed by atoms with Gasteiger partial charge < -0.3 is 14.6 Å². The molecule has 6 fully saturated rings. The van der Waals surface area contributed by atoms with Crippen LogP contribution in [0.4, 0.5) is 5.69 Å². The van der Waals surface area contributed by atoms with E-state index in [1.165, 1.54) is 98.7 Å². The zero-order chi connectivity index (χ0) is 30.6. The molecular formula is C40H48N4O2. The molecule has 2 bridgehead atoms. The van der Waals surface area contributed by atoms with Gasteiger partial charge in [-0.05, 0) is 130 Å². The van der Waals surface area contributed by atoms with Crippen LogP contribution >= 0.6 is 0 Å². The third-order valence-electron chi connectivity index (χ3n) is 15.7. The maximum Gasteiger partial charge on any atom is 0.311 e. The van der Waals surface area contributed by atoms with E-state index in [0.717, 1.165) is 25.8 Å². The lowest BCUT2D eigenvalue weighted by molar-refractivity contribution is -0.171. The fourth-order valence-corrected chi connectivity index (χ4v) is 14.3. The Kier molecular flexibility index (Phi) is 5.19. The van der Waals surface area contributed by atoms with Crippen LogP contribution in [0.1, 0.15) is 106 Å². The third kappa shape index (κ3) is 2.87. The van der Waals surface area contributed by atoms with Crippen molar-refractivity contribution in [3.05, 3.63) is 64.8 Å². The van der Waals surface area contributed by atoms with E-state index in [9.17, 15) is 4.79 Å². The number of aromatic nitrogens is 1. The van der Waals surface area contributed by atoms with Crippen LogP contribution in [0.3, 0.4) is 0 Å². The summed E-state index contributed by atoms with van der Waals surface area (Å²) in [7, 11) is 1.61. The van der Waals surface area contributed by atoms with Gasteiger partial charge in [0.2, 0.25) is 0 Å². The van der Waals surface area contributed by atoms with Crippen LogP contribution in [0.5, 0.6) is 0 Å². The predicted molar refractivity (Wildman–Crippen MR) is 180 cm³/mol. The first-order valence-corrected chi connectivity index (χ1v) is 18.6. The minimum absolute atomic E-state index is 0.0111. The molecule has 3 saturated heterocycles. The molecule has 6 nitrogen and oxygen atoms in total. The van der Waals surface area contributed by atoms with Gasteiger partial charge >= 0.3 is 5.97 Å². The molecule has 1 N–H and O–H groups in total. The highest BCUT2D eigenvalue weighted by Crippen LogP contribution is 2.74. The number of carbonyl (C=O) groups is 1. The van der Waals surface area contributed by atoms with E-state index < -0.39 is 0 Å². The van der Waals surface area contributed by atoms with Crippen LogP contribution in [0, 0.1) is 16.7 Å². The average molecular weight is 617 g/mol. The van der Waals surface area contributed by atoms with Gasteiger partial charge in [-0.15, -0.1) is 0 Å². The summed E-state index contributed by atoms with van der Waals surface area (Å²) < 4.78 is 8.44. The van der Waals surface area contributed by atoms with Crippen molar-refractivity contribution in [3.8, 4) is 0 Å². The molecule has 12 rings (SSSR count). The van der Waals surface area contributed by atoms with Gasteiger partial charge in [-0.2, -0.15) is 0 Å². The lowest BCUT2D eigenvalue weighted by Crippen LogP contribution is -2.76. The molecule has 3 spiro atoms. The molecule has 3 aliphatic carbocycles. The number of hydrogen-bond donors (Lipinski definition) is 1. The summed E-state index contributed by atoms with van der Waals surface area (Å²) in [5.41, 5.74) is 9.27. The van der Waals surface area contributed by atoms with Gasteiger partial charge in [0.15, 0.2) is 0 Å². The fourth-order valence-electron chi connectivity index (χ4n) is 14.3. The van der Waals surface area contributed by atoms with Crippen molar-refractivity contribution in [2.45, 2.75) is 107 Å². The lowest BCUT2D eigenvalue weighted by Gasteiger charge is -2.69. The minimum Gasteiger partial charge on any atom is -0.469 e. The molecule has 0 unspecified atom stereocenters. The molecular weight excluding hydrogens is 568 g/mol. The number of anilines is 1. The maximum atomic E-state index is 13.7. The van der Waals surface area contributed by atoms with Crippen molar-refractivity contribution in [1.82, 2.24) is 14.4 Å². The van der Waals surface area contributed by atoms with Crippen molar-refractivity contribution >= 4 is 22.6 Å². The largest absolute Gasteiger partial charge is 0.469 e. The summed E-state index contributed by atoms with van der Waals surface area (Å²) >= 11 is 0. The Bertz CT molecular complexity index is 1830. The normalized spacial score (nSPS) is 41.4. The minimum atomic E-state index is -0.245. The number of fused-ring (bicyclic) bond motifs is 6. The van der Waals surface area contributed by atoms with E-state index >= 15 is 0 Å². The second-order valence-corrected chi connectivity index (χ2v) is 16.8. The highest BCUT2D eigenvalue weighted by atomic mass is 16.5. The topological polar surface area (TPSA) is 49.7 Å². The number of rotatable bonds is 3. The van der Waals surface area contributed by atoms with Crippen LogP contribution < -0.4 is 5.32 Å². The van der Waals surface area contributed by atoms with Crippen LogP contribution in [0.2, 0.25) is 0 Å². The molecule has 6 aliphatic heterocycles. The number of benzene rings is 2. The number of para-hydroxylation sites is 1. The molecule has 6 heteroatoms. The van der Waals surface area contributed by atoms with E-state index in [0.29, 0.717) is 23.5 Å². The zero-order valence-electron chi connectivity index (χ0n) is 27.6. The van der Waals surface area contributed by atoms with Gasteiger partial charge in [-0.25, -0.2) is 0 Å². The number of carbonyl (C=O) groups excluding carboxylic acids is 1. The van der Waals surface area contributed by atoms with Gasteiger partial charge in [0.1, 0.15) is 0 Å².